The van der Waals surface area contributed by atoms with Crippen LogP contribution in [0.15, 0.2) is 42.5 Å². The molecule has 1 saturated heterocycles. The highest BCUT2D eigenvalue weighted by Crippen LogP contribution is 2.36. The third kappa shape index (κ3) is 7.08. The lowest BCUT2D eigenvalue weighted by Crippen LogP contribution is -2.32. The van der Waals surface area contributed by atoms with Gasteiger partial charge in [0.05, 0.1) is 12.2 Å². The average Bonchev–Trinajstić information content (AvgIpc) is 3.39. The van der Waals surface area contributed by atoms with Gasteiger partial charge in [0.2, 0.25) is 0 Å². The lowest BCUT2D eigenvalue weighted by atomic mass is 9.89. The molecule has 0 bridgehead atoms. The number of Topliss-reactive ketones (excluding diaryl/α,β-unsaturated/α-hetero) is 2. The molecule has 0 aromatic heterocycles. The van der Waals surface area contributed by atoms with E-state index in [1.807, 2.05) is 32.0 Å². The standard InChI is InChI=1S/C29H37NO6/c1-20(2)36-25-9-5-21(6-10-25)26(32)11-8-24(31)17-23(19-30-13-3-4-14-30)29(33)22-7-12-27-28(18-22)35-16-15-34-27/h5-7,9-10,12,18,20,23,29,33H,3-4,8,11,13-17,19H2,1-2H3/t23-,29?/m1/s1. The molecule has 2 heterocycles. The maximum absolute atomic E-state index is 13.0. The van der Waals surface area contributed by atoms with Gasteiger partial charge in [-0.15, -0.1) is 0 Å². The number of rotatable bonds is 12. The number of aliphatic hydroxyl groups is 1. The molecule has 1 unspecified atom stereocenters. The number of aliphatic hydroxyl groups excluding tert-OH is 1. The Morgan fingerprint density at radius 2 is 1.67 bits per heavy atom. The lowest BCUT2D eigenvalue weighted by molar-refractivity contribution is -0.121. The summed E-state index contributed by atoms with van der Waals surface area (Å²) in [5.74, 6) is 1.68. The van der Waals surface area contributed by atoms with E-state index in [2.05, 4.69) is 4.90 Å². The van der Waals surface area contributed by atoms with Crippen molar-refractivity contribution >= 4 is 11.6 Å². The minimum atomic E-state index is -0.811. The van der Waals surface area contributed by atoms with Gasteiger partial charge < -0.3 is 24.2 Å². The molecule has 1 N–H and O–H groups in total. The van der Waals surface area contributed by atoms with Crippen molar-refractivity contribution in [3.63, 3.8) is 0 Å². The topological polar surface area (TPSA) is 85.3 Å². The average molecular weight is 496 g/mol. The summed E-state index contributed by atoms with van der Waals surface area (Å²) in [7, 11) is 0. The van der Waals surface area contributed by atoms with Gasteiger partial charge in [-0.3, -0.25) is 9.59 Å². The fraction of sp³-hybridized carbons (Fsp3) is 0.517. The lowest BCUT2D eigenvalue weighted by Gasteiger charge is -2.28. The third-order valence-electron chi connectivity index (χ3n) is 6.71. The summed E-state index contributed by atoms with van der Waals surface area (Å²) in [4.78, 5) is 27.9. The molecule has 0 amide bonds. The molecular weight excluding hydrogens is 458 g/mol. The molecule has 7 nitrogen and oxygen atoms in total. The minimum absolute atomic E-state index is 0.0103. The van der Waals surface area contributed by atoms with E-state index in [0.717, 1.165) is 37.2 Å². The van der Waals surface area contributed by atoms with Gasteiger partial charge >= 0.3 is 0 Å². The van der Waals surface area contributed by atoms with Crippen LogP contribution in [0.25, 0.3) is 0 Å². The first-order valence-corrected chi connectivity index (χ1v) is 13.0. The summed E-state index contributed by atoms with van der Waals surface area (Å²) >= 11 is 0. The first-order valence-electron chi connectivity index (χ1n) is 13.0. The third-order valence-corrected chi connectivity index (χ3v) is 6.71. The molecule has 2 atom stereocenters. The summed E-state index contributed by atoms with van der Waals surface area (Å²) in [5, 5.41) is 11.3. The first kappa shape index (κ1) is 26.2. The molecule has 0 saturated carbocycles. The zero-order chi connectivity index (χ0) is 25.5. The van der Waals surface area contributed by atoms with E-state index in [-0.39, 0.29) is 42.9 Å². The van der Waals surface area contributed by atoms with E-state index in [1.54, 1.807) is 24.3 Å². The highest BCUT2D eigenvalue weighted by Gasteiger charge is 2.28. The minimum Gasteiger partial charge on any atom is -0.491 e. The van der Waals surface area contributed by atoms with Gasteiger partial charge in [-0.1, -0.05) is 6.07 Å². The number of hydrogen-bond acceptors (Lipinski definition) is 7. The smallest absolute Gasteiger partial charge is 0.163 e. The van der Waals surface area contributed by atoms with Crippen LogP contribution in [0.5, 0.6) is 17.2 Å². The van der Waals surface area contributed by atoms with Crippen molar-refractivity contribution in [3.05, 3.63) is 53.6 Å². The van der Waals surface area contributed by atoms with Crippen molar-refractivity contribution in [2.45, 2.75) is 58.2 Å². The Labute approximate surface area is 213 Å². The SMILES string of the molecule is CC(C)Oc1ccc(C(=O)CCC(=O)C[C@H](CN2CCCC2)C(O)c2ccc3c(c2)OCCO3)cc1. The van der Waals surface area contributed by atoms with Crippen molar-refractivity contribution in [3.8, 4) is 17.2 Å². The summed E-state index contributed by atoms with van der Waals surface area (Å²) in [6, 6.07) is 12.5. The number of nitrogens with zero attached hydrogens (tertiary/aromatic N) is 1. The van der Waals surface area contributed by atoms with E-state index in [1.165, 1.54) is 0 Å². The van der Waals surface area contributed by atoms with Crippen molar-refractivity contribution in [1.29, 1.82) is 0 Å². The first-order chi connectivity index (χ1) is 17.4. The quantitative estimate of drug-likeness (QED) is 0.430. The summed E-state index contributed by atoms with van der Waals surface area (Å²) in [6.07, 6.45) is 2.06. The predicted octanol–water partition coefficient (Wildman–Crippen LogP) is 4.61. The predicted molar refractivity (Wildman–Crippen MR) is 137 cm³/mol. The van der Waals surface area contributed by atoms with Gasteiger partial charge in [0.1, 0.15) is 24.7 Å². The molecule has 2 aromatic rings. The normalized spacial score (nSPS) is 17.1. The monoisotopic (exact) mass is 495 g/mol. The van der Waals surface area contributed by atoms with E-state index in [9.17, 15) is 14.7 Å². The molecular formula is C29H37NO6. The molecule has 36 heavy (non-hydrogen) atoms. The van der Waals surface area contributed by atoms with Gasteiger partial charge in [0.25, 0.3) is 0 Å². The van der Waals surface area contributed by atoms with Crippen LogP contribution in [-0.2, 0) is 4.79 Å². The fourth-order valence-electron chi connectivity index (χ4n) is 4.87. The number of likely N-dealkylation sites (tertiary alicyclic amines) is 1. The Balaban J connectivity index is 1.37. The molecule has 2 aromatic carbocycles. The van der Waals surface area contributed by atoms with Crippen molar-refractivity contribution in [2.24, 2.45) is 5.92 Å². The fourth-order valence-corrected chi connectivity index (χ4v) is 4.87. The number of carbonyl (C=O) groups is 2. The summed E-state index contributed by atoms with van der Waals surface area (Å²) in [5.41, 5.74) is 1.29. The number of benzene rings is 2. The van der Waals surface area contributed by atoms with Gasteiger partial charge in [-0.2, -0.15) is 0 Å². The molecule has 0 aliphatic carbocycles. The number of hydrogen-bond donors (Lipinski definition) is 1. The highest BCUT2D eigenvalue weighted by molar-refractivity contribution is 5.98. The maximum Gasteiger partial charge on any atom is 0.163 e. The van der Waals surface area contributed by atoms with Crippen LogP contribution in [0.2, 0.25) is 0 Å². The van der Waals surface area contributed by atoms with E-state index < -0.39 is 6.10 Å². The molecule has 2 aliphatic heterocycles. The molecule has 7 heteroatoms. The molecule has 2 aliphatic rings. The van der Waals surface area contributed by atoms with E-state index >= 15 is 0 Å². The van der Waals surface area contributed by atoms with Crippen LogP contribution >= 0.6 is 0 Å². The number of fused-ring (bicyclic) bond motifs is 1. The number of ketones is 2. The Bertz CT molecular complexity index is 1030. The Kier molecular flexibility index (Phi) is 8.99. The number of carbonyl (C=O) groups excluding carboxylic acids is 2. The largest absolute Gasteiger partial charge is 0.491 e. The Hall–Kier alpha value is -2.90. The van der Waals surface area contributed by atoms with Crippen LogP contribution in [-0.4, -0.2) is 60.5 Å². The second-order valence-electron chi connectivity index (χ2n) is 9.97. The molecule has 194 valence electrons. The second kappa shape index (κ2) is 12.4. The summed E-state index contributed by atoms with van der Waals surface area (Å²) in [6.45, 7) is 7.49. The zero-order valence-electron chi connectivity index (χ0n) is 21.3. The summed E-state index contributed by atoms with van der Waals surface area (Å²) < 4.78 is 16.9. The maximum atomic E-state index is 13.0. The van der Waals surface area contributed by atoms with Crippen LogP contribution in [0.4, 0.5) is 0 Å². The van der Waals surface area contributed by atoms with Gasteiger partial charge in [-0.25, -0.2) is 0 Å². The van der Waals surface area contributed by atoms with Crippen molar-refractivity contribution in [1.82, 2.24) is 4.90 Å². The molecule has 0 radical (unpaired) electrons. The number of ether oxygens (including phenoxy) is 3. The second-order valence-corrected chi connectivity index (χ2v) is 9.97. The van der Waals surface area contributed by atoms with Crippen LogP contribution in [0.3, 0.4) is 0 Å². The van der Waals surface area contributed by atoms with Gasteiger partial charge in [0, 0.05) is 37.3 Å². The van der Waals surface area contributed by atoms with Crippen LogP contribution < -0.4 is 14.2 Å². The van der Waals surface area contributed by atoms with E-state index in [4.69, 9.17) is 14.2 Å². The highest BCUT2D eigenvalue weighted by atomic mass is 16.6. The van der Waals surface area contributed by atoms with Crippen molar-refractivity contribution in [2.75, 3.05) is 32.8 Å². The van der Waals surface area contributed by atoms with Crippen LogP contribution in [0.1, 0.15) is 68.0 Å². The van der Waals surface area contributed by atoms with E-state index in [0.29, 0.717) is 36.8 Å². The molecule has 0 spiro atoms. The zero-order valence-corrected chi connectivity index (χ0v) is 21.3. The Morgan fingerprint density at radius 1 is 0.972 bits per heavy atom. The molecule has 1 fully saturated rings. The van der Waals surface area contributed by atoms with Gasteiger partial charge in [-0.05, 0) is 81.7 Å². The van der Waals surface area contributed by atoms with Crippen molar-refractivity contribution < 1.29 is 28.9 Å². The molecule has 4 rings (SSSR count). The van der Waals surface area contributed by atoms with Gasteiger partial charge in [0.15, 0.2) is 17.3 Å². The van der Waals surface area contributed by atoms with Crippen LogP contribution in [0, 0.1) is 5.92 Å². The Morgan fingerprint density at radius 3 is 2.36 bits per heavy atom.